The molecule has 2 fully saturated rings. The van der Waals surface area contributed by atoms with Crippen molar-refractivity contribution in [3.05, 3.63) is 34.5 Å². The van der Waals surface area contributed by atoms with Gasteiger partial charge in [0.2, 0.25) is 5.95 Å². The van der Waals surface area contributed by atoms with E-state index in [4.69, 9.17) is 11.6 Å². The minimum absolute atomic E-state index is 0.401. The van der Waals surface area contributed by atoms with Crippen LogP contribution >= 0.6 is 11.6 Å². The van der Waals surface area contributed by atoms with Crippen molar-refractivity contribution in [2.75, 3.05) is 23.7 Å². The van der Waals surface area contributed by atoms with E-state index in [0.29, 0.717) is 53.3 Å². The van der Waals surface area contributed by atoms with E-state index in [9.17, 15) is 10.4 Å². The van der Waals surface area contributed by atoms with E-state index in [1.807, 2.05) is 0 Å². The lowest BCUT2D eigenvalue weighted by Crippen LogP contribution is -2.29. The summed E-state index contributed by atoms with van der Waals surface area (Å²) in [5.41, 5.74) is 0.472. The van der Waals surface area contributed by atoms with Gasteiger partial charge in [-0.3, -0.25) is 0 Å². The molecule has 5 N–H and O–H groups in total. The van der Waals surface area contributed by atoms with E-state index in [0.717, 1.165) is 5.82 Å². The Bertz CT molecular complexity index is 832. The average Bonchev–Trinajstić information content (AvgIpc) is 3.12. The van der Waals surface area contributed by atoms with Gasteiger partial charge in [-0.2, -0.15) is 5.26 Å². The Labute approximate surface area is 150 Å². The highest BCUT2D eigenvalue weighted by Crippen LogP contribution is 2.39. The van der Waals surface area contributed by atoms with Crippen molar-refractivity contribution in [1.29, 1.82) is 5.26 Å². The minimum atomic E-state index is -1.07. The van der Waals surface area contributed by atoms with Crippen molar-refractivity contribution in [2.24, 2.45) is 0 Å². The van der Waals surface area contributed by atoms with Gasteiger partial charge in [-0.1, -0.05) is 11.6 Å². The molecule has 130 valence electrons. The number of benzene rings is 1. The second kappa shape index (κ2) is 6.23. The second-order valence-electron chi connectivity index (χ2n) is 6.64. The van der Waals surface area contributed by atoms with Crippen LogP contribution in [0.25, 0.3) is 0 Å². The maximum atomic E-state index is 10.8. The third-order valence-electron chi connectivity index (χ3n) is 4.60. The maximum absolute atomic E-state index is 10.8. The largest absolute Gasteiger partial charge is 0.384 e. The number of nitriles is 1. The van der Waals surface area contributed by atoms with Crippen LogP contribution in [0.1, 0.15) is 30.4 Å². The number of imidazole rings is 1. The summed E-state index contributed by atoms with van der Waals surface area (Å²) in [5, 5.41) is 30.2. The molecule has 0 spiro atoms. The van der Waals surface area contributed by atoms with Crippen LogP contribution in [-0.2, 0) is 5.60 Å². The van der Waals surface area contributed by atoms with Crippen molar-refractivity contribution in [1.82, 2.24) is 15.3 Å². The van der Waals surface area contributed by atoms with Gasteiger partial charge in [0, 0.05) is 18.2 Å². The topological polar surface area (TPSA) is 109 Å². The van der Waals surface area contributed by atoms with Gasteiger partial charge < -0.3 is 26.0 Å². The van der Waals surface area contributed by atoms with Gasteiger partial charge in [0.15, 0.2) is 0 Å². The summed E-state index contributed by atoms with van der Waals surface area (Å²) in [6.07, 6.45) is 4.62. The molecule has 1 aliphatic heterocycles. The van der Waals surface area contributed by atoms with Gasteiger partial charge in [0.05, 0.1) is 28.5 Å². The molecule has 1 atom stereocenters. The van der Waals surface area contributed by atoms with Crippen molar-refractivity contribution in [3.63, 3.8) is 0 Å². The standard InChI is InChI=1S/C17H19ClN6O/c18-15-12(17(25)3-4-20-9-17)5-10(7-19)6-13(15)23-16-21-8-14(24-16)22-11-1-2-11/h5-6,8,11,20,22,25H,1-4,9H2,(H2,21,23,24). The molecule has 0 radical (unpaired) electrons. The zero-order chi connectivity index (χ0) is 17.4. The van der Waals surface area contributed by atoms with Gasteiger partial charge in [0.1, 0.15) is 11.4 Å². The first-order chi connectivity index (χ1) is 12.1. The van der Waals surface area contributed by atoms with Gasteiger partial charge in [0.25, 0.3) is 0 Å². The molecule has 1 aliphatic carbocycles. The van der Waals surface area contributed by atoms with E-state index in [2.05, 4.69) is 32.0 Å². The summed E-state index contributed by atoms with van der Waals surface area (Å²) in [6, 6.07) is 5.97. The summed E-state index contributed by atoms with van der Waals surface area (Å²) in [7, 11) is 0. The Morgan fingerprint density at radius 1 is 1.40 bits per heavy atom. The number of halogens is 1. The molecule has 2 heterocycles. The zero-order valence-electron chi connectivity index (χ0n) is 13.6. The predicted molar refractivity (Wildman–Crippen MR) is 96.1 cm³/mol. The molecule has 1 saturated heterocycles. The summed E-state index contributed by atoms with van der Waals surface area (Å²) in [4.78, 5) is 7.43. The monoisotopic (exact) mass is 358 g/mol. The number of rotatable bonds is 5. The number of aromatic nitrogens is 2. The highest BCUT2D eigenvalue weighted by atomic mass is 35.5. The lowest BCUT2D eigenvalue weighted by molar-refractivity contribution is 0.0589. The van der Waals surface area contributed by atoms with Crippen LogP contribution in [0.2, 0.25) is 5.02 Å². The molecule has 1 aromatic carbocycles. The molecule has 0 bridgehead atoms. The maximum Gasteiger partial charge on any atom is 0.206 e. The highest BCUT2D eigenvalue weighted by molar-refractivity contribution is 6.34. The number of anilines is 3. The average molecular weight is 359 g/mol. The van der Waals surface area contributed by atoms with Crippen LogP contribution in [0.5, 0.6) is 0 Å². The number of aliphatic hydroxyl groups is 1. The molecule has 2 aromatic rings. The van der Waals surface area contributed by atoms with E-state index in [-0.39, 0.29) is 0 Å². The molecule has 4 rings (SSSR count). The Morgan fingerprint density at radius 3 is 2.92 bits per heavy atom. The number of H-pyrrole nitrogens is 1. The van der Waals surface area contributed by atoms with E-state index in [1.165, 1.54) is 12.8 Å². The van der Waals surface area contributed by atoms with E-state index in [1.54, 1.807) is 18.3 Å². The first-order valence-electron chi connectivity index (χ1n) is 8.33. The van der Waals surface area contributed by atoms with Crippen LogP contribution in [0.3, 0.4) is 0 Å². The Balaban J connectivity index is 1.64. The third kappa shape index (κ3) is 3.29. The fraction of sp³-hybridized carbons (Fsp3) is 0.412. The first kappa shape index (κ1) is 16.2. The first-order valence-corrected chi connectivity index (χ1v) is 8.71. The van der Waals surface area contributed by atoms with E-state index < -0.39 is 5.60 Å². The summed E-state index contributed by atoms with van der Waals surface area (Å²) in [6.45, 7) is 1.12. The Morgan fingerprint density at radius 2 is 2.24 bits per heavy atom. The van der Waals surface area contributed by atoms with Gasteiger partial charge >= 0.3 is 0 Å². The lowest BCUT2D eigenvalue weighted by atomic mass is 9.91. The Kier molecular flexibility index (Phi) is 4.04. The van der Waals surface area contributed by atoms with Crippen molar-refractivity contribution in [2.45, 2.75) is 30.9 Å². The van der Waals surface area contributed by atoms with Crippen LogP contribution in [0, 0.1) is 11.3 Å². The van der Waals surface area contributed by atoms with Gasteiger partial charge in [-0.25, -0.2) is 4.98 Å². The molecular weight excluding hydrogens is 340 g/mol. The minimum Gasteiger partial charge on any atom is -0.384 e. The molecule has 1 saturated carbocycles. The molecule has 1 unspecified atom stereocenters. The van der Waals surface area contributed by atoms with Crippen molar-refractivity contribution < 1.29 is 5.11 Å². The number of hydrogen-bond acceptors (Lipinski definition) is 6. The molecule has 0 amide bonds. The second-order valence-corrected chi connectivity index (χ2v) is 7.02. The molecule has 7 nitrogen and oxygen atoms in total. The number of aromatic amines is 1. The summed E-state index contributed by atoms with van der Waals surface area (Å²) >= 11 is 6.54. The van der Waals surface area contributed by atoms with Gasteiger partial charge in [-0.05, 0) is 37.9 Å². The number of nitrogens with one attached hydrogen (secondary N) is 4. The molecule has 25 heavy (non-hydrogen) atoms. The van der Waals surface area contributed by atoms with Crippen LogP contribution < -0.4 is 16.0 Å². The molecule has 1 aromatic heterocycles. The van der Waals surface area contributed by atoms with Crippen molar-refractivity contribution in [3.8, 4) is 6.07 Å². The molecule has 8 heteroatoms. The third-order valence-corrected chi connectivity index (χ3v) is 5.01. The fourth-order valence-corrected chi connectivity index (χ4v) is 3.39. The quantitative estimate of drug-likeness (QED) is 0.561. The summed E-state index contributed by atoms with van der Waals surface area (Å²) < 4.78 is 0. The van der Waals surface area contributed by atoms with Crippen LogP contribution in [0.4, 0.5) is 17.5 Å². The number of hydrogen-bond donors (Lipinski definition) is 5. The Hall–Kier alpha value is -2.27. The summed E-state index contributed by atoms with van der Waals surface area (Å²) in [5.74, 6) is 1.37. The normalized spacial score (nSPS) is 22.6. The fourth-order valence-electron chi connectivity index (χ4n) is 3.06. The number of β-amino-alcohol motifs (C(OH)–C–C–N with tert-alkyl or cyclic N) is 1. The van der Waals surface area contributed by atoms with Crippen LogP contribution in [-0.4, -0.2) is 34.2 Å². The van der Waals surface area contributed by atoms with Crippen molar-refractivity contribution >= 4 is 29.1 Å². The highest BCUT2D eigenvalue weighted by Gasteiger charge is 2.36. The SMILES string of the molecule is N#Cc1cc(Nc2ncc(NC3CC3)[nH]2)c(Cl)c(C2(O)CCNC2)c1. The zero-order valence-corrected chi connectivity index (χ0v) is 14.3. The molecular formula is C17H19ClN6O. The lowest BCUT2D eigenvalue weighted by Gasteiger charge is -2.24. The van der Waals surface area contributed by atoms with E-state index >= 15 is 0 Å². The van der Waals surface area contributed by atoms with Gasteiger partial charge in [-0.15, -0.1) is 0 Å². The smallest absolute Gasteiger partial charge is 0.206 e. The number of nitrogens with zero attached hydrogens (tertiary/aromatic N) is 2. The van der Waals surface area contributed by atoms with Crippen LogP contribution in [0.15, 0.2) is 18.3 Å². The molecule has 2 aliphatic rings. The predicted octanol–water partition coefficient (Wildman–Crippen LogP) is 2.43.